The molecular formula is C32H41F3O2. The Hall–Kier alpha value is -2.69. The molecule has 0 radical (unpaired) electrons. The summed E-state index contributed by atoms with van der Waals surface area (Å²) < 4.78 is 55.9. The number of halogens is 3. The predicted octanol–water partition coefficient (Wildman–Crippen LogP) is 10.4. The van der Waals surface area contributed by atoms with E-state index in [1.54, 1.807) is 24.3 Å². The molecule has 3 rings (SSSR count). The van der Waals surface area contributed by atoms with Gasteiger partial charge >= 0.3 is 0 Å². The first-order valence-corrected chi connectivity index (χ1v) is 14.0. The summed E-state index contributed by atoms with van der Waals surface area (Å²) in [4.78, 5) is 0. The summed E-state index contributed by atoms with van der Waals surface area (Å²) in [7, 11) is 0. The molecule has 5 heteroatoms. The van der Waals surface area contributed by atoms with Gasteiger partial charge < -0.3 is 9.47 Å². The van der Waals surface area contributed by atoms with Gasteiger partial charge in [0.05, 0.1) is 13.2 Å². The van der Waals surface area contributed by atoms with E-state index in [1.807, 2.05) is 12.1 Å². The maximum atomic E-state index is 15.5. The van der Waals surface area contributed by atoms with E-state index >= 15 is 4.39 Å². The van der Waals surface area contributed by atoms with Crippen molar-refractivity contribution in [2.24, 2.45) is 0 Å². The molecule has 0 atom stereocenters. The van der Waals surface area contributed by atoms with Gasteiger partial charge in [0.15, 0.2) is 11.6 Å². The molecule has 3 aromatic carbocycles. The molecule has 0 aliphatic carbocycles. The summed E-state index contributed by atoms with van der Waals surface area (Å²) in [5.41, 5.74) is 0.966. The lowest BCUT2D eigenvalue weighted by Gasteiger charge is -2.14. The van der Waals surface area contributed by atoms with Crippen LogP contribution in [0.3, 0.4) is 0 Å². The molecule has 202 valence electrons. The van der Waals surface area contributed by atoms with Gasteiger partial charge in [-0.05, 0) is 42.7 Å². The average molecular weight is 515 g/mol. The predicted molar refractivity (Wildman–Crippen MR) is 147 cm³/mol. The Morgan fingerprint density at radius 3 is 1.76 bits per heavy atom. The largest absolute Gasteiger partial charge is 0.494 e. The minimum Gasteiger partial charge on any atom is -0.494 e. The van der Waals surface area contributed by atoms with Crippen molar-refractivity contribution in [2.75, 3.05) is 13.2 Å². The molecule has 0 bridgehead atoms. The van der Waals surface area contributed by atoms with E-state index in [1.165, 1.54) is 38.5 Å². The molecule has 0 N–H and O–H groups in total. The number of fused-ring (bicyclic) bond motifs is 1. The third-order valence-corrected chi connectivity index (χ3v) is 6.78. The second kappa shape index (κ2) is 15.5. The fourth-order valence-electron chi connectivity index (χ4n) is 4.57. The third kappa shape index (κ3) is 8.41. The minimum atomic E-state index is -1.11. The number of hydrogen-bond donors (Lipinski definition) is 0. The maximum absolute atomic E-state index is 15.5. The van der Waals surface area contributed by atoms with Crippen molar-refractivity contribution in [3.63, 3.8) is 0 Å². The van der Waals surface area contributed by atoms with Crippen LogP contribution in [0.4, 0.5) is 13.2 Å². The number of rotatable bonds is 17. The van der Waals surface area contributed by atoms with Crippen molar-refractivity contribution in [1.29, 1.82) is 0 Å². The van der Waals surface area contributed by atoms with Crippen LogP contribution in [0, 0.1) is 17.5 Å². The van der Waals surface area contributed by atoms with E-state index in [9.17, 15) is 8.78 Å². The van der Waals surface area contributed by atoms with Crippen molar-refractivity contribution < 1.29 is 22.6 Å². The van der Waals surface area contributed by atoms with Crippen LogP contribution in [0.2, 0.25) is 0 Å². The summed E-state index contributed by atoms with van der Waals surface area (Å²) in [5, 5.41) is 0.253. The first kappa shape index (κ1) is 28.9. The van der Waals surface area contributed by atoms with Gasteiger partial charge in [-0.15, -0.1) is 0 Å². The molecule has 37 heavy (non-hydrogen) atoms. The van der Waals surface area contributed by atoms with E-state index in [2.05, 4.69) is 13.8 Å². The minimum absolute atomic E-state index is 0.0118. The summed E-state index contributed by atoms with van der Waals surface area (Å²) in [5.74, 6) is -2.26. The Balaban J connectivity index is 1.66. The topological polar surface area (TPSA) is 18.5 Å². The molecule has 0 fully saturated rings. The molecule has 3 aromatic rings. The molecular weight excluding hydrogens is 473 g/mol. The summed E-state index contributed by atoms with van der Waals surface area (Å²) in [6.07, 6.45) is 13.5. The first-order valence-electron chi connectivity index (χ1n) is 14.0. The van der Waals surface area contributed by atoms with Gasteiger partial charge in [-0.3, -0.25) is 0 Å². The molecule has 0 aliphatic rings. The zero-order valence-electron chi connectivity index (χ0n) is 22.4. The van der Waals surface area contributed by atoms with E-state index in [4.69, 9.17) is 9.47 Å². The van der Waals surface area contributed by atoms with Crippen LogP contribution in [0.25, 0.3) is 21.9 Å². The van der Waals surface area contributed by atoms with Crippen molar-refractivity contribution in [3.05, 3.63) is 59.9 Å². The van der Waals surface area contributed by atoms with Crippen molar-refractivity contribution in [1.82, 2.24) is 0 Å². The van der Waals surface area contributed by atoms with Gasteiger partial charge in [-0.1, -0.05) is 96.3 Å². The van der Waals surface area contributed by atoms with Gasteiger partial charge in [0.25, 0.3) is 0 Å². The second-order valence-electron chi connectivity index (χ2n) is 9.78. The Morgan fingerprint density at radius 1 is 0.568 bits per heavy atom. The Morgan fingerprint density at radius 2 is 1.14 bits per heavy atom. The quantitative estimate of drug-likeness (QED) is 0.167. The summed E-state index contributed by atoms with van der Waals surface area (Å²) >= 11 is 0. The van der Waals surface area contributed by atoms with Gasteiger partial charge in [0.1, 0.15) is 11.6 Å². The fourth-order valence-corrected chi connectivity index (χ4v) is 4.57. The van der Waals surface area contributed by atoms with Crippen LogP contribution >= 0.6 is 0 Å². The van der Waals surface area contributed by atoms with Crippen LogP contribution in [-0.2, 0) is 0 Å². The van der Waals surface area contributed by atoms with E-state index < -0.39 is 17.5 Å². The molecule has 0 heterocycles. The Kier molecular flexibility index (Phi) is 12.1. The molecule has 0 unspecified atom stereocenters. The monoisotopic (exact) mass is 514 g/mol. The highest BCUT2D eigenvalue weighted by Crippen LogP contribution is 2.37. The van der Waals surface area contributed by atoms with Crippen LogP contribution in [0.1, 0.15) is 90.9 Å². The summed E-state index contributed by atoms with van der Waals surface area (Å²) in [6, 6.07) is 11.3. The molecule has 0 aromatic heterocycles. The SMILES string of the molecule is CCCCCCCCOc1ccc(-c2ccc3c(OCCCCCCCC)c(F)c(F)cc3c2F)cc1. The number of benzene rings is 3. The number of unbranched alkanes of at least 4 members (excludes halogenated alkanes) is 10. The normalized spacial score (nSPS) is 11.3. The van der Waals surface area contributed by atoms with Crippen LogP contribution in [0.15, 0.2) is 42.5 Å². The maximum Gasteiger partial charge on any atom is 0.201 e. The molecule has 2 nitrogen and oxygen atoms in total. The first-order chi connectivity index (χ1) is 18.1. The number of ether oxygens (including phenoxy) is 2. The molecule has 0 saturated carbocycles. The van der Waals surface area contributed by atoms with E-state index in [0.29, 0.717) is 17.7 Å². The van der Waals surface area contributed by atoms with Gasteiger partial charge in [0.2, 0.25) is 5.82 Å². The van der Waals surface area contributed by atoms with Crippen LogP contribution in [-0.4, -0.2) is 13.2 Å². The zero-order chi connectivity index (χ0) is 26.5. The van der Waals surface area contributed by atoms with Crippen molar-refractivity contribution in [3.8, 4) is 22.6 Å². The van der Waals surface area contributed by atoms with E-state index in [0.717, 1.165) is 50.3 Å². The lowest BCUT2D eigenvalue weighted by atomic mass is 9.99. The molecule has 0 saturated heterocycles. The van der Waals surface area contributed by atoms with Gasteiger partial charge in [-0.2, -0.15) is 4.39 Å². The fraction of sp³-hybridized carbons (Fsp3) is 0.500. The average Bonchev–Trinajstić information content (AvgIpc) is 2.91. The van der Waals surface area contributed by atoms with Crippen LogP contribution < -0.4 is 9.47 Å². The lowest BCUT2D eigenvalue weighted by molar-refractivity contribution is 0.288. The third-order valence-electron chi connectivity index (χ3n) is 6.78. The van der Waals surface area contributed by atoms with Crippen LogP contribution in [0.5, 0.6) is 11.5 Å². The lowest BCUT2D eigenvalue weighted by Crippen LogP contribution is -2.03. The van der Waals surface area contributed by atoms with Gasteiger partial charge in [0, 0.05) is 16.3 Å². The Labute approximate surface area is 220 Å². The van der Waals surface area contributed by atoms with Gasteiger partial charge in [-0.25, -0.2) is 8.78 Å². The highest BCUT2D eigenvalue weighted by atomic mass is 19.2. The zero-order valence-corrected chi connectivity index (χ0v) is 22.4. The smallest absolute Gasteiger partial charge is 0.201 e. The molecule has 0 aliphatic heterocycles. The molecule has 0 amide bonds. The Bertz CT molecular complexity index is 1100. The second-order valence-corrected chi connectivity index (χ2v) is 9.78. The standard InChI is InChI=1S/C32H41F3O2/c1-3-5-7-9-11-13-21-36-25-17-15-24(16-18-25)26-19-20-27-28(30(26)34)23-29(33)31(35)32(27)37-22-14-12-10-8-6-4-2/h15-20,23H,3-14,21-22H2,1-2H3. The van der Waals surface area contributed by atoms with Crippen molar-refractivity contribution in [2.45, 2.75) is 90.9 Å². The van der Waals surface area contributed by atoms with Crippen molar-refractivity contribution >= 4 is 10.8 Å². The summed E-state index contributed by atoms with van der Waals surface area (Å²) in [6.45, 7) is 5.29. The highest BCUT2D eigenvalue weighted by molar-refractivity contribution is 5.93. The molecule has 0 spiro atoms. The number of hydrogen-bond acceptors (Lipinski definition) is 2. The highest BCUT2D eigenvalue weighted by Gasteiger charge is 2.19. The van der Waals surface area contributed by atoms with E-state index in [-0.39, 0.29) is 23.1 Å².